The van der Waals surface area contributed by atoms with Crippen LogP contribution in [0.5, 0.6) is 5.75 Å². The normalized spacial score (nSPS) is 24.5. The van der Waals surface area contributed by atoms with Crippen molar-refractivity contribution in [1.82, 2.24) is 0 Å². The molecule has 0 bridgehead atoms. The fourth-order valence-corrected chi connectivity index (χ4v) is 5.87. The Labute approximate surface area is 215 Å². The fourth-order valence-electron chi connectivity index (χ4n) is 5.87. The van der Waals surface area contributed by atoms with Gasteiger partial charge >= 0.3 is 5.97 Å². The van der Waals surface area contributed by atoms with E-state index < -0.39 is 23.4 Å². The molecule has 3 nitrogen and oxygen atoms in total. The predicted octanol–water partition coefficient (Wildman–Crippen LogP) is 8.56. The van der Waals surface area contributed by atoms with Gasteiger partial charge in [-0.1, -0.05) is 12.1 Å². The van der Waals surface area contributed by atoms with Crippen LogP contribution in [0.15, 0.2) is 42.2 Å². The summed E-state index contributed by atoms with van der Waals surface area (Å²) in [5.74, 6) is -2.65. The van der Waals surface area contributed by atoms with Crippen molar-refractivity contribution in [3.63, 3.8) is 0 Å². The van der Waals surface area contributed by atoms with Crippen LogP contribution in [0.25, 0.3) is 11.1 Å². The minimum atomic E-state index is -1.14. The number of allylic oxidation sites excluding steroid dienone is 2. The average Bonchev–Trinajstić information content (AvgIpc) is 2.87. The van der Waals surface area contributed by atoms with Crippen LogP contribution in [-0.4, -0.2) is 18.7 Å². The molecule has 0 radical (unpaired) electrons. The highest BCUT2D eigenvalue weighted by molar-refractivity contribution is 5.90. The molecule has 2 fully saturated rings. The number of rotatable bonds is 7. The zero-order chi connectivity index (χ0) is 26.5. The Morgan fingerprint density at radius 1 is 0.919 bits per heavy atom. The van der Waals surface area contributed by atoms with Crippen LogP contribution in [0.4, 0.5) is 17.6 Å². The predicted molar refractivity (Wildman–Crippen MR) is 134 cm³/mol. The lowest BCUT2D eigenvalue weighted by molar-refractivity contribution is 0.0109. The van der Waals surface area contributed by atoms with Gasteiger partial charge in [-0.2, -0.15) is 4.39 Å². The van der Waals surface area contributed by atoms with Crippen LogP contribution in [0.2, 0.25) is 0 Å². The van der Waals surface area contributed by atoms with E-state index >= 15 is 0 Å². The molecule has 2 aromatic carbocycles. The number of esters is 1. The van der Waals surface area contributed by atoms with Crippen molar-refractivity contribution in [3.05, 3.63) is 65.2 Å². The van der Waals surface area contributed by atoms with Gasteiger partial charge in [0.25, 0.3) is 0 Å². The second-order valence-electron chi connectivity index (χ2n) is 10.2. The summed E-state index contributed by atoms with van der Waals surface area (Å²) in [6.07, 6.45) is 9.07. The molecular formula is C30H34F4O3. The van der Waals surface area contributed by atoms with E-state index in [1.807, 2.05) is 0 Å². The Morgan fingerprint density at radius 3 is 2.16 bits per heavy atom. The minimum absolute atomic E-state index is 0.103. The summed E-state index contributed by atoms with van der Waals surface area (Å²) in [7, 11) is 0. The monoisotopic (exact) mass is 518 g/mol. The molecule has 0 N–H and O–H groups in total. The molecule has 0 heterocycles. The van der Waals surface area contributed by atoms with E-state index in [1.165, 1.54) is 31.2 Å². The Hall–Kier alpha value is -2.83. The van der Waals surface area contributed by atoms with Crippen molar-refractivity contribution in [3.8, 4) is 16.9 Å². The summed E-state index contributed by atoms with van der Waals surface area (Å²) < 4.78 is 67.4. The van der Waals surface area contributed by atoms with Gasteiger partial charge in [0.15, 0.2) is 11.6 Å². The number of carbonyl (C=O) groups is 1. The van der Waals surface area contributed by atoms with Crippen LogP contribution < -0.4 is 4.74 Å². The van der Waals surface area contributed by atoms with Gasteiger partial charge in [0.2, 0.25) is 5.82 Å². The van der Waals surface area contributed by atoms with Gasteiger partial charge in [-0.3, -0.25) is 0 Å². The second-order valence-corrected chi connectivity index (χ2v) is 10.2. The average molecular weight is 519 g/mol. The molecule has 2 saturated carbocycles. The van der Waals surface area contributed by atoms with Gasteiger partial charge in [-0.25, -0.2) is 18.0 Å². The first kappa shape index (κ1) is 27.2. The minimum Gasteiger partial charge on any atom is -0.491 e. The summed E-state index contributed by atoms with van der Waals surface area (Å²) in [4.78, 5) is 12.7. The van der Waals surface area contributed by atoms with Crippen molar-refractivity contribution < 1.29 is 31.8 Å². The first-order chi connectivity index (χ1) is 17.8. The fraction of sp³-hybridized carbons (Fsp3) is 0.500. The van der Waals surface area contributed by atoms with Gasteiger partial charge in [-0.15, -0.1) is 0 Å². The highest BCUT2D eigenvalue weighted by atomic mass is 19.2. The highest BCUT2D eigenvalue weighted by Gasteiger charge is 2.32. The lowest BCUT2D eigenvalue weighted by Crippen LogP contribution is -2.29. The molecule has 7 heteroatoms. The summed E-state index contributed by atoms with van der Waals surface area (Å²) in [5, 5.41) is 0. The lowest BCUT2D eigenvalue weighted by atomic mass is 9.70. The topological polar surface area (TPSA) is 35.5 Å². The van der Waals surface area contributed by atoms with Gasteiger partial charge in [0.05, 0.1) is 18.0 Å². The number of hydrogen-bond donors (Lipinski definition) is 0. The Morgan fingerprint density at radius 2 is 1.57 bits per heavy atom. The molecule has 0 aromatic heterocycles. The van der Waals surface area contributed by atoms with Gasteiger partial charge in [-0.05, 0) is 113 Å². The van der Waals surface area contributed by atoms with Gasteiger partial charge in [0.1, 0.15) is 11.9 Å². The van der Waals surface area contributed by atoms with Crippen LogP contribution in [0.1, 0.15) is 75.6 Å². The smallest absolute Gasteiger partial charge is 0.341 e. The SMILES string of the molecule is CCOc1ccc(-c2ccc(C(=O)OC3CCC(C4CCC(C=C(C)F)CC4)CC3)c(F)c2)c(F)c1F. The molecule has 2 aliphatic rings. The molecule has 2 aliphatic carbocycles. The standard InChI is InChI=1S/C30H34F4O3/c1-3-36-27-15-14-24(28(33)29(27)34)22-10-13-25(26(32)17-22)30(35)37-23-11-8-21(9-12-23)20-6-4-19(5-7-20)16-18(2)31/h10,13-17,19-21,23H,3-9,11-12H2,1-2H3. The van der Waals surface area contributed by atoms with Crippen molar-refractivity contribution in [1.29, 1.82) is 0 Å². The van der Waals surface area contributed by atoms with E-state index in [0.29, 0.717) is 17.8 Å². The third-order valence-electron chi connectivity index (χ3n) is 7.79. The maximum absolute atomic E-state index is 14.8. The third kappa shape index (κ3) is 6.55. The Bertz CT molecular complexity index is 1130. The number of halogens is 4. The summed E-state index contributed by atoms with van der Waals surface area (Å²) in [5.41, 5.74) is -0.240. The third-order valence-corrected chi connectivity index (χ3v) is 7.79. The second kappa shape index (κ2) is 12.1. The quantitative estimate of drug-likeness (QED) is 0.272. The van der Waals surface area contributed by atoms with Crippen molar-refractivity contribution in [2.45, 2.75) is 71.3 Å². The molecule has 0 aliphatic heterocycles. The molecule has 0 spiro atoms. The van der Waals surface area contributed by atoms with E-state index in [2.05, 4.69) is 0 Å². The highest BCUT2D eigenvalue weighted by Crippen LogP contribution is 2.41. The molecular weight excluding hydrogens is 484 g/mol. The van der Waals surface area contributed by atoms with Crippen LogP contribution in [-0.2, 0) is 4.74 Å². The maximum Gasteiger partial charge on any atom is 0.341 e. The van der Waals surface area contributed by atoms with E-state index in [0.717, 1.165) is 57.4 Å². The van der Waals surface area contributed by atoms with Gasteiger partial charge in [0, 0.05) is 5.56 Å². The van der Waals surface area contributed by atoms with Crippen LogP contribution in [0.3, 0.4) is 0 Å². The maximum atomic E-state index is 14.8. The van der Waals surface area contributed by atoms with Crippen molar-refractivity contribution in [2.75, 3.05) is 6.61 Å². The van der Waals surface area contributed by atoms with E-state index in [1.54, 1.807) is 13.0 Å². The molecule has 4 rings (SSSR count). The zero-order valence-corrected chi connectivity index (χ0v) is 21.4. The molecule has 0 atom stereocenters. The number of carbonyl (C=O) groups excluding carboxylic acids is 1. The van der Waals surface area contributed by atoms with Gasteiger partial charge < -0.3 is 9.47 Å². The first-order valence-electron chi connectivity index (χ1n) is 13.2. The number of hydrogen-bond acceptors (Lipinski definition) is 3. The lowest BCUT2D eigenvalue weighted by Gasteiger charge is -2.37. The summed E-state index contributed by atoms with van der Waals surface area (Å²) in [6, 6.07) is 6.26. The summed E-state index contributed by atoms with van der Waals surface area (Å²) in [6.45, 7) is 3.34. The van der Waals surface area contributed by atoms with Crippen LogP contribution >= 0.6 is 0 Å². The van der Waals surface area contributed by atoms with E-state index in [9.17, 15) is 22.4 Å². The number of benzene rings is 2. The largest absolute Gasteiger partial charge is 0.491 e. The number of ether oxygens (including phenoxy) is 2. The van der Waals surface area contributed by atoms with E-state index in [-0.39, 0.29) is 41.0 Å². The molecule has 200 valence electrons. The van der Waals surface area contributed by atoms with E-state index in [4.69, 9.17) is 9.47 Å². The molecule has 0 amide bonds. The van der Waals surface area contributed by atoms with Crippen LogP contribution in [0, 0.1) is 35.2 Å². The Kier molecular flexibility index (Phi) is 8.93. The zero-order valence-electron chi connectivity index (χ0n) is 21.4. The molecule has 0 unspecified atom stereocenters. The Balaban J connectivity index is 1.32. The molecule has 0 saturated heterocycles. The molecule has 37 heavy (non-hydrogen) atoms. The van der Waals surface area contributed by atoms with Crippen molar-refractivity contribution >= 4 is 5.97 Å². The first-order valence-corrected chi connectivity index (χ1v) is 13.2. The summed E-state index contributed by atoms with van der Waals surface area (Å²) >= 11 is 0. The van der Waals surface area contributed by atoms with Crippen molar-refractivity contribution in [2.24, 2.45) is 17.8 Å². The molecule has 2 aromatic rings.